The van der Waals surface area contributed by atoms with Crippen LogP contribution in [0.4, 0.5) is 4.39 Å². The zero-order valence-electron chi connectivity index (χ0n) is 16.3. The molecule has 0 aliphatic carbocycles. The first-order valence-electron chi connectivity index (χ1n) is 9.19. The Morgan fingerprint density at radius 1 is 1.14 bits per heavy atom. The summed E-state index contributed by atoms with van der Waals surface area (Å²) in [4.78, 5) is 12.3. The normalized spacial score (nSPS) is 11.9. The van der Waals surface area contributed by atoms with E-state index in [2.05, 4.69) is 16.5 Å². The summed E-state index contributed by atoms with van der Waals surface area (Å²) < 4.78 is 20.3. The lowest BCUT2D eigenvalue weighted by atomic mass is 10.0. The van der Waals surface area contributed by atoms with Gasteiger partial charge in [0.05, 0.1) is 0 Å². The van der Waals surface area contributed by atoms with E-state index in [-0.39, 0.29) is 24.4 Å². The lowest BCUT2D eigenvalue weighted by Crippen LogP contribution is -2.28. The van der Waals surface area contributed by atoms with E-state index in [9.17, 15) is 9.18 Å². The molecule has 0 aliphatic rings. The van der Waals surface area contributed by atoms with Crippen molar-refractivity contribution < 1.29 is 13.9 Å². The van der Waals surface area contributed by atoms with E-state index < -0.39 is 0 Å². The van der Waals surface area contributed by atoms with Crippen LogP contribution in [-0.4, -0.2) is 22.2 Å². The molecular formula is C22H24FN3O2. The quantitative estimate of drug-likeness (QED) is 0.667. The first-order chi connectivity index (χ1) is 13.4. The predicted octanol–water partition coefficient (Wildman–Crippen LogP) is 4.21. The summed E-state index contributed by atoms with van der Waals surface area (Å²) in [5, 5.41) is 7.13. The van der Waals surface area contributed by atoms with E-state index in [4.69, 9.17) is 4.74 Å². The first-order valence-corrected chi connectivity index (χ1v) is 9.19. The monoisotopic (exact) mass is 381 g/mol. The minimum absolute atomic E-state index is 0.0690. The highest BCUT2D eigenvalue weighted by Crippen LogP contribution is 2.17. The van der Waals surface area contributed by atoms with Crippen LogP contribution in [0.5, 0.6) is 5.75 Å². The first kappa shape index (κ1) is 19.6. The molecule has 28 heavy (non-hydrogen) atoms. The van der Waals surface area contributed by atoms with Gasteiger partial charge < -0.3 is 10.1 Å². The topological polar surface area (TPSA) is 56.1 Å². The molecule has 1 aromatic heterocycles. The Balaban J connectivity index is 1.52. The van der Waals surface area contributed by atoms with Crippen molar-refractivity contribution in [1.29, 1.82) is 0 Å². The molecule has 0 fully saturated rings. The lowest BCUT2D eigenvalue weighted by Gasteiger charge is -2.12. The van der Waals surface area contributed by atoms with Crippen LogP contribution < -0.4 is 10.1 Å². The molecular weight excluding hydrogens is 357 g/mol. The van der Waals surface area contributed by atoms with Gasteiger partial charge >= 0.3 is 0 Å². The Morgan fingerprint density at radius 3 is 2.50 bits per heavy atom. The molecule has 0 aliphatic heterocycles. The second-order valence-electron chi connectivity index (χ2n) is 7.00. The summed E-state index contributed by atoms with van der Waals surface area (Å²) in [5.74, 6) is 0.319. The minimum Gasteiger partial charge on any atom is -0.471 e. The Morgan fingerprint density at radius 2 is 1.82 bits per heavy atom. The van der Waals surface area contributed by atoms with Crippen LogP contribution in [0.3, 0.4) is 0 Å². The molecule has 3 rings (SSSR count). The van der Waals surface area contributed by atoms with Gasteiger partial charge in [0.25, 0.3) is 5.91 Å². The number of halogens is 1. The van der Waals surface area contributed by atoms with Gasteiger partial charge in [0, 0.05) is 12.7 Å². The Labute approximate surface area is 164 Å². The third-order valence-electron chi connectivity index (χ3n) is 4.44. The zero-order valence-corrected chi connectivity index (χ0v) is 16.3. The Kier molecular flexibility index (Phi) is 6.09. The number of nitrogens with zero attached hydrogens (tertiary/aromatic N) is 2. The van der Waals surface area contributed by atoms with Gasteiger partial charge in [0.15, 0.2) is 6.73 Å². The van der Waals surface area contributed by atoms with Crippen LogP contribution >= 0.6 is 0 Å². The molecule has 2 aromatic carbocycles. The third-order valence-corrected chi connectivity index (χ3v) is 4.44. The smallest absolute Gasteiger partial charge is 0.271 e. The van der Waals surface area contributed by atoms with Crippen molar-refractivity contribution in [2.45, 2.75) is 33.4 Å². The SMILES string of the molecule is Cc1cc(C)cc(OCn2ccc(C(=O)NCC(C)c3ccc(F)cc3)n2)c1. The fraction of sp³-hybridized carbons (Fsp3) is 0.273. The molecule has 5 nitrogen and oxygen atoms in total. The number of carbonyl (C=O) groups excluding carboxylic acids is 1. The van der Waals surface area contributed by atoms with Crippen molar-refractivity contribution in [2.24, 2.45) is 0 Å². The van der Waals surface area contributed by atoms with E-state index in [1.54, 1.807) is 29.1 Å². The molecule has 1 unspecified atom stereocenters. The fourth-order valence-electron chi connectivity index (χ4n) is 2.96. The summed E-state index contributed by atoms with van der Waals surface area (Å²) in [6, 6.07) is 14.0. The Bertz CT molecular complexity index is 930. The molecule has 1 N–H and O–H groups in total. The summed E-state index contributed by atoms with van der Waals surface area (Å²) in [7, 11) is 0. The minimum atomic E-state index is -0.270. The maximum atomic E-state index is 13.0. The number of benzene rings is 2. The molecule has 0 radical (unpaired) electrons. The zero-order chi connectivity index (χ0) is 20.1. The maximum Gasteiger partial charge on any atom is 0.271 e. The fourth-order valence-corrected chi connectivity index (χ4v) is 2.96. The summed E-state index contributed by atoms with van der Waals surface area (Å²) in [5.41, 5.74) is 3.56. The second-order valence-corrected chi connectivity index (χ2v) is 7.00. The average Bonchev–Trinajstić information content (AvgIpc) is 3.13. The van der Waals surface area contributed by atoms with Gasteiger partial charge in [-0.25, -0.2) is 9.07 Å². The number of carbonyl (C=O) groups is 1. The number of aryl methyl sites for hydroxylation is 2. The van der Waals surface area contributed by atoms with Gasteiger partial charge in [-0.15, -0.1) is 0 Å². The molecule has 1 atom stereocenters. The van der Waals surface area contributed by atoms with E-state index in [0.29, 0.717) is 12.2 Å². The number of aromatic nitrogens is 2. The van der Waals surface area contributed by atoms with Crippen LogP contribution in [0.1, 0.15) is 40.0 Å². The number of ether oxygens (including phenoxy) is 1. The van der Waals surface area contributed by atoms with E-state index in [1.807, 2.05) is 32.9 Å². The Hall–Kier alpha value is -3.15. The van der Waals surface area contributed by atoms with Crippen molar-refractivity contribution in [3.8, 4) is 5.75 Å². The average molecular weight is 381 g/mol. The highest BCUT2D eigenvalue weighted by Gasteiger charge is 2.12. The van der Waals surface area contributed by atoms with Gasteiger partial charge in [-0.1, -0.05) is 25.1 Å². The van der Waals surface area contributed by atoms with Crippen molar-refractivity contribution in [1.82, 2.24) is 15.1 Å². The van der Waals surface area contributed by atoms with Crippen LogP contribution in [0.25, 0.3) is 0 Å². The van der Waals surface area contributed by atoms with Gasteiger partial charge in [0.1, 0.15) is 17.3 Å². The maximum absolute atomic E-state index is 13.0. The van der Waals surface area contributed by atoms with Crippen molar-refractivity contribution >= 4 is 5.91 Å². The lowest BCUT2D eigenvalue weighted by molar-refractivity contribution is 0.0944. The third kappa shape index (κ3) is 5.19. The van der Waals surface area contributed by atoms with Gasteiger partial charge in [-0.2, -0.15) is 5.10 Å². The van der Waals surface area contributed by atoms with Gasteiger partial charge in [-0.05, 0) is 66.8 Å². The summed E-state index contributed by atoms with van der Waals surface area (Å²) in [6.07, 6.45) is 1.71. The van der Waals surface area contributed by atoms with Crippen molar-refractivity contribution in [2.75, 3.05) is 6.54 Å². The van der Waals surface area contributed by atoms with Crippen molar-refractivity contribution in [3.63, 3.8) is 0 Å². The van der Waals surface area contributed by atoms with Gasteiger partial charge in [-0.3, -0.25) is 4.79 Å². The standard InChI is InChI=1S/C22H24FN3O2/c1-15-10-16(2)12-20(11-15)28-14-26-9-8-21(25-26)22(27)24-13-17(3)18-4-6-19(23)7-5-18/h4-12,17H,13-14H2,1-3H3,(H,24,27). The number of hydrogen-bond donors (Lipinski definition) is 1. The van der Waals surface area contributed by atoms with E-state index >= 15 is 0 Å². The molecule has 0 saturated heterocycles. The number of hydrogen-bond acceptors (Lipinski definition) is 3. The predicted molar refractivity (Wildman–Crippen MR) is 106 cm³/mol. The van der Waals surface area contributed by atoms with Crippen LogP contribution in [0, 0.1) is 19.7 Å². The molecule has 1 heterocycles. The molecule has 6 heteroatoms. The molecule has 0 bridgehead atoms. The summed E-state index contributed by atoms with van der Waals surface area (Å²) >= 11 is 0. The van der Waals surface area contributed by atoms with Crippen LogP contribution in [0.2, 0.25) is 0 Å². The number of nitrogens with one attached hydrogen (secondary N) is 1. The molecule has 0 saturated carbocycles. The largest absolute Gasteiger partial charge is 0.471 e. The molecule has 0 spiro atoms. The molecule has 146 valence electrons. The molecule has 3 aromatic rings. The van der Waals surface area contributed by atoms with E-state index in [0.717, 1.165) is 22.4 Å². The van der Waals surface area contributed by atoms with Gasteiger partial charge in [0.2, 0.25) is 0 Å². The highest BCUT2D eigenvalue weighted by atomic mass is 19.1. The summed E-state index contributed by atoms with van der Waals surface area (Å²) in [6.45, 7) is 6.68. The molecule has 1 amide bonds. The second kappa shape index (κ2) is 8.69. The number of amides is 1. The van der Waals surface area contributed by atoms with E-state index in [1.165, 1.54) is 12.1 Å². The van der Waals surface area contributed by atoms with Crippen LogP contribution in [-0.2, 0) is 6.73 Å². The highest BCUT2D eigenvalue weighted by molar-refractivity contribution is 5.92. The van der Waals surface area contributed by atoms with Crippen molar-refractivity contribution in [3.05, 3.63) is 82.9 Å². The number of rotatable bonds is 7. The van der Waals surface area contributed by atoms with Crippen LogP contribution in [0.15, 0.2) is 54.7 Å².